The van der Waals surface area contributed by atoms with Crippen LogP contribution in [0.2, 0.25) is 0 Å². The largest absolute Gasteiger partial charge is 0.334 e. The van der Waals surface area contributed by atoms with Crippen LogP contribution in [0.15, 0.2) is 94.7 Å². The number of benzene rings is 3. The summed E-state index contributed by atoms with van der Waals surface area (Å²) in [6.45, 7) is 5.91. The zero-order valence-corrected chi connectivity index (χ0v) is 22.2. The fourth-order valence-electron chi connectivity index (χ4n) is 4.58. The molecule has 0 spiro atoms. The summed E-state index contributed by atoms with van der Waals surface area (Å²) in [7, 11) is -8.89. The summed E-state index contributed by atoms with van der Waals surface area (Å²) in [6, 6.07) is 21.5. The maximum absolute atomic E-state index is 13.7. The van der Waals surface area contributed by atoms with Gasteiger partial charge in [-0.2, -0.15) is 0 Å². The molecule has 1 atom stereocenters. The molecule has 4 rings (SSSR count). The lowest BCUT2D eigenvalue weighted by molar-refractivity contribution is 0.0720. The molecule has 1 aliphatic rings. The van der Waals surface area contributed by atoms with Gasteiger partial charge in [0.15, 0.2) is 0 Å². The highest BCUT2D eigenvalue weighted by Gasteiger charge is 2.45. The fraction of sp³-hybridized carbons (Fsp3) is 0.296. The van der Waals surface area contributed by atoms with Crippen molar-refractivity contribution >= 4 is 26.0 Å². The lowest BCUT2D eigenvalue weighted by Crippen LogP contribution is -2.47. The molecule has 0 radical (unpaired) electrons. The van der Waals surface area contributed by atoms with Gasteiger partial charge in [0, 0.05) is 18.2 Å². The third kappa shape index (κ3) is 5.23. The van der Waals surface area contributed by atoms with Gasteiger partial charge in [0.05, 0.1) is 16.3 Å². The predicted octanol–water partition coefficient (Wildman–Crippen LogP) is 4.32. The van der Waals surface area contributed by atoms with Gasteiger partial charge < -0.3 is 4.90 Å². The van der Waals surface area contributed by atoms with Crippen molar-refractivity contribution in [3.63, 3.8) is 0 Å². The van der Waals surface area contributed by atoms with Gasteiger partial charge in [0.25, 0.3) is 26.0 Å². The van der Waals surface area contributed by atoms with Crippen LogP contribution in [-0.4, -0.2) is 50.5 Å². The minimum absolute atomic E-state index is 0.127. The average molecular weight is 527 g/mol. The lowest BCUT2D eigenvalue weighted by atomic mass is 9.91. The van der Waals surface area contributed by atoms with Crippen LogP contribution in [0, 0.1) is 12.3 Å². The Bertz CT molecular complexity index is 1370. The topological polar surface area (TPSA) is 91.8 Å². The van der Waals surface area contributed by atoms with E-state index in [0.717, 1.165) is 5.56 Å². The van der Waals surface area contributed by atoms with E-state index in [1.807, 2.05) is 32.9 Å². The van der Waals surface area contributed by atoms with Crippen LogP contribution in [0.4, 0.5) is 0 Å². The van der Waals surface area contributed by atoms with Gasteiger partial charge in [-0.15, -0.1) is 0 Å². The summed E-state index contributed by atoms with van der Waals surface area (Å²) in [5.74, 6) is -0.250. The van der Waals surface area contributed by atoms with E-state index in [0.29, 0.717) is 22.2 Å². The van der Waals surface area contributed by atoms with Crippen molar-refractivity contribution in [1.82, 2.24) is 8.61 Å². The number of sulfonamides is 2. The summed E-state index contributed by atoms with van der Waals surface area (Å²) in [5, 5.41) is 0. The highest BCUT2D eigenvalue weighted by atomic mass is 32.3. The number of hydrogen-bond donors (Lipinski definition) is 0. The minimum Gasteiger partial charge on any atom is -0.334 e. The van der Waals surface area contributed by atoms with Crippen molar-refractivity contribution in [2.24, 2.45) is 5.41 Å². The summed E-state index contributed by atoms with van der Waals surface area (Å²) in [4.78, 5) is 14.8. The van der Waals surface area contributed by atoms with Crippen LogP contribution < -0.4 is 0 Å². The first-order chi connectivity index (χ1) is 16.9. The van der Waals surface area contributed by atoms with Gasteiger partial charge in [-0.1, -0.05) is 71.7 Å². The fourth-order valence-corrected chi connectivity index (χ4v) is 8.34. The van der Waals surface area contributed by atoms with Crippen molar-refractivity contribution < 1.29 is 21.6 Å². The van der Waals surface area contributed by atoms with Crippen LogP contribution in [0.1, 0.15) is 36.2 Å². The molecule has 0 aliphatic carbocycles. The second-order valence-electron chi connectivity index (χ2n) is 9.91. The molecule has 0 aromatic heterocycles. The number of hydrogen-bond acceptors (Lipinski definition) is 5. The van der Waals surface area contributed by atoms with Crippen molar-refractivity contribution in [3.8, 4) is 0 Å². The van der Waals surface area contributed by atoms with Gasteiger partial charge in [-0.3, -0.25) is 4.79 Å². The van der Waals surface area contributed by atoms with E-state index in [4.69, 9.17) is 0 Å². The minimum atomic E-state index is -4.44. The number of rotatable bonds is 7. The lowest BCUT2D eigenvalue weighted by Gasteiger charge is -2.30. The monoisotopic (exact) mass is 526 g/mol. The molecule has 9 heteroatoms. The molecule has 1 amide bonds. The second kappa shape index (κ2) is 9.80. The molecule has 36 heavy (non-hydrogen) atoms. The molecule has 3 aromatic rings. The zero-order valence-electron chi connectivity index (χ0n) is 20.5. The Hall–Kier alpha value is -3.01. The molecule has 1 saturated heterocycles. The van der Waals surface area contributed by atoms with E-state index >= 15 is 0 Å². The van der Waals surface area contributed by atoms with E-state index < -0.39 is 26.1 Å². The number of nitrogens with zero attached hydrogens (tertiary/aromatic N) is 2. The summed E-state index contributed by atoms with van der Waals surface area (Å²) >= 11 is 0. The van der Waals surface area contributed by atoms with Crippen LogP contribution in [0.25, 0.3) is 0 Å². The second-order valence-corrected chi connectivity index (χ2v) is 13.9. The van der Waals surface area contributed by atoms with E-state index in [1.165, 1.54) is 24.3 Å². The summed E-state index contributed by atoms with van der Waals surface area (Å²) in [5.41, 5.74) is 1.18. The average Bonchev–Trinajstić information content (AvgIpc) is 3.17. The Morgan fingerprint density at radius 1 is 0.833 bits per heavy atom. The first-order valence-electron chi connectivity index (χ1n) is 11.7. The van der Waals surface area contributed by atoms with Gasteiger partial charge in [-0.25, -0.2) is 16.8 Å². The van der Waals surface area contributed by atoms with E-state index in [9.17, 15) is 21.6 Å². The molecule has 7 nitrogen and oxygen atoms in total. The molecule has 0 saturated carbocycles. The molecular weight excluding hydrogens is 496 g/mol. The summed E-state index contributed by atoms with van der Waals surface area (Å²) < 4.78 is 55.5. The van der Waals surface area contributed by atoms with Crippen molar-refractivity contribution in [2.45, 2.75) is 43.0 Å². The maximum atomic E-state index is 13.7. The Balaban J connectivity index is 1.77. The molecule has 0 N–H and O–H groups in total. The van der Waals surface area contributed by atoms with E-state index in [1.54, 1.807) is 53.4 Å². The van der Waals surface area contributed by atoms with Crippen molar-refractivity contribution in [1.29, 1.82) is 0 Å². The Morgan fingerprint density at radius 2 is 1.31 bits per heavy atom. The van der Waals surface area contributed by atoms with Gasteiger partial charge in [0.1, 0.15) is 0 Å². The van der Waals surface area contributed by atoms with E-state index in [2.05, 4.69) is 0 Å². The van der Waals surface area contributed by atoms with Crippen LogP contribution in [0.5, 0.6) is 0 Å². The van der Waals surface area contributed by atoms with Crippen LogP contribution in [0.3, 0.4) is 0 Å². The number of likely N-dealkylation sites (tertiary alicyclic amines) is 1. The van der Waals surface area contributed by atoms with E-state index in [-0.39, 0.29) is 27.7 Å². The molecule has 1 fully saturated rings. The highest BCUT2D eigenvalue weighted by Crippen LogP contribution is 2.37. The number of aryl methyl sites for hydroxylation is 1. The molecule has 1 unspecified atom stereocenters. The Morgan fingerprint density at radius 3 is 1.78 bits per heavy atom. The number of amides is 1. The Labute approximate surface area is 213 Å². The molecule has 3 aromatic carbocycles. The highest BCUT2D eigenvalue weighted by molar-refractivity contribution is 8.04. The molecule has 1 heterocycles. The number of carbonyl (C=O) groups is 1. The van der Waals surface area contributed by atoms with Crippen LogP contribution >= 0.6 is 0 Å². The molecule has 1 aliphatic heterocycles. The van der Waals surface area contributed by atoms with Gasteiger partial charge >= 0.3 is 0 Å². The molecule has 190 valence electrons. The zero-order chi connectivity index (χ0) is 26.1. The molecular formula is C27H30N2O5S2. The maximum Gasteiger partial charge on any atom is 0.256 e. The summed E-state index contributed by atoms with van der Waals surface area (Å²) in [6.07, 6.45) is 0.454. The van der Waals surface area contributed by atoms with Gasteiger partial charge in [0.2, 0.25) is 0 Å². The Kier molecular flexibility index (Phi) is 7.10. The first-order valence-corrected chi connectivity index (χ1v) is 14.6. The number of carbonyl (C=O) groups excluding carboxylic acids is 1. The smallest absolute Gasteiger partial charge is 0.256 e. The third-order valence-electron chi connectivity index (χ3n) is 6.36. The predicted molar refractivity (Wildman–Crippen MR) is 138 cm³/mol. The first kappa shape index (κ1) is 26.1. The van der Waals surface area contributed by atoms with Crippen molar-refractivity contribution in [3.05, 3.63) is 96.1 Å². The normalized spacial score (nSPS) is 17.9. The van der Waals surface area contributed by atoms with Crippen LogP contribution in [-0.2, 0) is 20.0 Å². The standard InChI is InChI=1S/C27H30N2O5S2/c1-21-14-16-22(17-15-21)26(30)28-20-27(2,3)18-23(28)19-29(35(31,32)24-10-6-4-7-11-24)36(33,34)25-12-8-5-9-13-25/h4-17,23H,18-20H2,1-3H3. The van der Waals surface area contributed by atoms with Gasteiger partial charge in [-0.05, 0) is 55.2 Å². The van der Waals surface area contributed by atoms with Crippen molar-refractivity contribution in [2.75, 3.05) is 13.1 Å². The SMILES string of the molecule is Cc1ccc(C(=O)N2CC(C)(C)CC2CN(S(=O)(=O)c2ccccc2)S(=O)(=O)c2ccccc2)cc1. The third-order valence-corrected chi connectivity index (χ3v) is 10.6. The quantitative estimate of drug-likeness (QED) is 0.457. The molecule has 0 bridgehead atoms.